The van der Waals surface area contributed by atoms with Crippen LogP contribution < -0.4 is 10.1 Å². The van der Waals surface area contributed by atoms with Crippen LogP contribution in [-0.2, 0) is 4.79 Å². The van der Waals surface area contributed by atoms with Crippen molar-refractivity contribution in [2.24, 2.45) is 0 Å². The zero-order chi connectivity index (χ0) is 12.1. The lowest BCUT2D eigenvalue weighted by molar-refractivity contribution is -0.137. The Morgan fingerprint density at radius 1 is 1.62 bits per heavy atom. The molecule has 5 heteroatoms. The van der Waals surface area contributed by atoms with E-state index < -0.39 is 12.0 Å². The first-order chi connectivity index (χ1) is 7.58. The molecule has 1 rings (SSSR count). The summed E-state index contributed by atoms with van der Waals surface area (Å²) in [5.74, 6) is -0.411. The summed E-state index contributed by atoms with van der Waals surface area (Å²) in [4.78, 5) is 10.7. The lowest BCUT2D eigenvalue weighted by Crippen LogP contribution is -2.25. The molecule has 0 bridgehead atoms. The number of anilines is 1. The predicted octanol–water partition coefficient (Wildman–Crippen LogP) is 1.45. The lowest BCUT2D eigenvalue weighted by atomic mass is 10.1. The van der Waals surface area contributed by atoms with Crippen LogP contribution in [0, 0.1) is 11.3 Å². The first kappa shape index (κ1) is 11.9. The molecule has 0 spiro atoms. The van der Waals surface area contributed by atoms with Gasteiger partial charge in [0.1, 0.15) is 17.9 Å². The molecule has 1 unspecified atom stereocenters. The molecule has 1 atom stereocenters. The number of carboxylic acid groups (broad SMARTS) is 1. The van der Waals surface area contributed by atoms with Crippen molar-refractivity contribution in [3.05, 3.63) is 23.8 Å². The number of benzene rings is 1. The van der Waals surface area contributed by atoms with Crippen LogP contribution in [0.15, 0.2) is 18.2 Å². The molecule has 1 aromatic rings. The average Bonchev–Trinajstić information content (AvgIpc) is 2.28. The third-order valence-corrected chi connectivity index (χ3v) is 2.09. The summed E-state index contributed by atoms with van der Waals surface area (Å²) in [5, 5.41) is 20.3. The van der Waals surface area contributed by atoms with Gasteiger partial charge in [-0.1, -0.05) is 0 Å². The molecule has 0 aromatic heterocycles. The van der Waals surface area contributed by atoms with Gasteiger partial charge in [-0.25, -0.2) is 0 Å². The van der Waals surface area contributed by atoms with Gasteiger partial charge in [-0.05, 0) is 19.1 Å². The zero-order valence-corrected chi connectivity index (χ0v) is 9.02. The summed E-state index contributed by atoms with van der Waals surface area (Å²) in [6.07, 6.45) is 0. The largest absolute Gasteiger partial charge is 0.497 e. The van der Waals surface area contributed by atoms with Crippen LogP contribution in [0.4, 0.5) is 5.69 Å². The van der Waals surface area contributed by atoms with Crippen LogP contribution in [0.2, 0.25) is 0 Å². The number of rotatable bonds is 4. The molecule has 0 aliphatic carbocycles. The predicted molar refractivity (Wildman–Crippen MR) is 58.4 cm³/mol. The maximum absolute atomic E-state index is 10.7. The fourth-order valence-electron chi connectivity index (χ4n) is 1.16. The van der Waals surface area contributed by atoms with Gasteiger partial charge >= 0.3 is 5.97 Å². The van der Waals surface area contributed by atoms with E-state index in [-0.39, 0.29) is 0 Å². The van der Waals surface area contributed by atoms with Gasteiger partial charge in [0.25, 0.3) is 0 Å². The van der Waals surface area contributed by atoms with E-state index >= 15 is 0 Å². The molecule has 2 N–H and O–H groups in total. The van der Waals surface area contributed by atoms with E-state index in [1.165, 1.54) is 14.0 Å². The van der Waals surface area contributed by atoms with E-state index in [0.29, 0.717) is 17.0 Å². The van der Waals surface area contributed by atoms with Crippen molar-refractivity contribution in [1.29, 1.82) is 5.26 Å². The second-order valence-electron chi connectivity index (χ2n) is 3.23. The van der Waals surface area contributed by atoms with Crippen molar-refractivity contribution in [3.63, 3.8) is 0 Å². The van der Waals surface area contributed by atoms with Crippen LogP contribution in [0.3, 0.4) is 0 Å². The van der Waals surface area contributed by atoms with Crippen LogP contribution in [-0.4, -0.2) is 24.2 Å². The molecule has 0 aliphatic heterocycles. The number of carboxylic acids is 1. The monoisotopic (exact) mass is 220 g/mol. The number of hydrogen-bond donors (Lipinski definition) is 2. The second-order valence-corrected chi connectivity index (χ2v) is 3.23. The average molecular weight is 220 g/mol. The normalized spacial score (nSPS) is 11.3. The van der Waals surface area contributed by atoms with Gasteiger partial charge < -0.3 is 15.2 Å². The molecule has 84 valence electrons. The van der Waals surface area contributed by atoms with Gasteiger partial charge in [-0.3, -0.25) is 4.79 Å². The molecule has 5 nitrogen and oxygen atoms in total. The highest BCUT2D eigenvalue weighted by Crippen LogP contribution is 2.22. The van der Waals surface area contributed by atoms with Gasteiger partial charge in [0, 0.05) is 6.07 Å². The van der Waals surface area contributed by atoms with Crippen molar-refractivity contribution in [3.8, 4) is 11.8 Å². The molecule has 0 heterocycles. The minimum Gasteiger partial charge on any atom is -0.497 e. The van der Waals surface area contributed by atoms with Crippen molar-refractivity contribution in [2.45, 2.75) is 13.0 Å². The standard InChI is InChI=1S/C11H12N2O3/c1-7(11(14)15)13-10-5-9(16-2)4-3-8(10)6-12/h3-5,7,13H,1-2H3,(H,14,15). The molecular formula is C11H12N2O3. The van der Waals surface area contributed by atoms with Gasteiger partial charge in [0.15, 0.2) is 0 Å². The minimum atomic E-state index is -0.980. The van der Waals surface area contributed by atoms with E-state index in [2.05, 4.69) is 5.32 Å². The molecule has 0 aliphatic rings. The van der Waals surface area contributed by atoms with Crippen molar-refractivity contribution in [2.75, 3.05) is 12.4 Å². The first-order valence-electron chi connectivity index (χ1n) is 4.66. The Labute approximate surface area is 93.3 Å². The number of nitriles is 1. The quantitative estimate of drug-likeness (QED) is 0.802. The minimum absolute atomic E-state index is 0.383. The van der Waals surface area contributed by atoms with Crippen LogP contribution >= 0.6 is 0 Å². The fraction of sp³-hybridized carbons (Fsp3) is 0.273. The van der Waals surface area contributed by atoms with E-state index in [0.717, 1.165) is 0 Å². The van der Waals surface area contributed by atoms with Crippen molar-refractivity contribution in [1.82, 2.24) is 0 Å². The highest BCUT2D eigenvalue weighted by molar-refractivity contribution is 5.78. The molecule has 0 amide bonds. The van der Waals surface area contributed by atoms with Gasteiger partial charge in [0.2, 0.25) is 0 Å². The van der Waals surface area contributed by atoms with E-state index in [4.69, 9.17) is 15.1 Å². The van der Waals surface area contributed by atoms with Gasteiger partial charge in [-0.15, -0.1) is 0 Å². The second kappa shape index (κ2) is 5.03. The number of aliphatic carboxylic acids is 1. The van der Waals surface area contributed by atoms with Gasteiger partial charge in [-0.2, -0.15) is 5.26 Å². The highest BCUT2D eigenvalue weighted by atomic mass is 16.5. The van der Waals surface area contributed by atoms with Crippen LogP contribution in [0.5, 0.6) is 5.75 Å². The first-order valence-corrected chi connectivity index (χ1v) is 4.66. The summed E-state index contributed by atoms with van der Waals surface area (Å²) < 4.78 is 5.00. The third kappa shape index (κ3) is 2.64. The van der Waals surface area contributed by atoms with Crippen molar-refractivity contribution >= 4 is 11.7 Å². The number of carbonyl (C=O) groups is 1. The molecule has 0 fully saturated rings. The Kier molecular flexibility index (Phi) is 3.72. The topological polar surface area (TPSA) is 82.3 Å². The Balaban J connectivity index is 3.01. The third-order valence-electron chi connectivity index (χ3n) is 2.09. The number of methoxy groups -OCH3 is 1. The Morgan fingerprint density at radius 2 is 2.31 bits per heavy atom. The number of nitrogens with one attached hydrogen (secondary N) is 1. The number of nitrogens with zero attached hydrogens (tertiary/aromatic N) is 1. The SMILES string of the molecule is COc1ccc(C#N)c(NC(C)C(=O)O)c1. The maximum atomic E-state index is 10.7. The lowest BCUT2D eigenvalue weighted by Gasteiger charge is -2.13. The number of hydrogen-bond acceptors (Lipinski definition) is 4. The van der Waals surface area contributed by atoms with Crippen LogP contribution in [0.25, 0.3) is 0 Å². The Hall–Kier alpha value is -2.22. The van der Waals surface area contributed by atoms with E-state index in [1.54, 1.807) is 18.2 Å². The summed E-state index contributed by atoms with van der Waals surface area (Å²) in [7, 11) is 1.51. The molecule has 1 aromatic carbocycles. The van der Waals surface area contributed by atoms with Crippen LogP contribution in [0.1, 0.15) is 12.5 Å². The zero-order valence-electron chi connectivity index (χ0n) is 9.02. The molecule has 0 radical (unpaired) electrons. The Morgan fingerprint density at radius 3 is 2.81 bits per heavy atom. The summed E-state index contributed by atoms with van der Waals surface area (Å²) >= 11 is 0. The summed E-state index contributed by atoms with van der Waals surface area (Å²) in [6.45, 7) is 1.50. The molecule has 16 heavy (non-hydrogen) atoms. The summed E-state index contributed by atoms with van der Waals surface area (Å²) in [6, 6.07) is 6.04. The number of ether oxygens (including phenoxy) is 1. The summed E-state index contributed by atoms with van der Waals surface area (Å²) in [5.41, 5.74) is 0.839. The van der Waals surface area contributed by atoms with Gasteiger partial charge in [0.05, 0.1) is 18.4 Å². The fourth-order valence-corrected chi connectivity index (χ4v) is 1.16. The molecule has 0 saturated heterocycles. The van der Waals surface area contributed by atoms with E-state index in [9.17, 15) is 4.79 Å². The Bertz CT molecular complexity index is 437. The smallest absolute Gasteiger partial charge is 0.325 e. The highest BCUT2D eigenvalue weighted by Gasteiger charge is 2.13. The van der Waals surface area contributed by atoms with E-state index in [1.807, 2.05) is 6.07 Å². The molecule has 0 saturated carbocycles. The molecular weight excluding hydrogens is 208 g/mol. The maximum Gasteiger partial charge on any atom is 0.325 e. The van der Waals surface area contributed by atoms with Crippen molar-refractivity contribution < 1.29 is 14.6 Å².